The van der Waals surface area contributed by atoms with Gasteiger partial charge in [0.05, 0.1) is 19.1 Å². The topological polar surface area (TPSA) is 95.3 Å². The van der Waals surface area contributed by atoms with Crippen LogP contribution in [0.2, 0.25) is 0 Å². The van der Waals surface area contributed by atoms with E-state index in [1.54, 1.807) is 24.3 Å². The van der Waals surface area contributed by atoms with E-state index in [0.717, 1.165) is 10.1 Å². The number of furan rings is 1. The summed E-state index contributed by atoms with van der Waals surface area (Å²) >= 11 is 0. The van der Waals surface area contributed by atoms with Gasteiger partial charge in [0.2, 0.25) is 5.91 Å². The third-order valence-corrected chi connectivity index (χ3v) is 5.02. The largest absolute Gasteiger partial charge is 0.467 e. The van der Waals surface area contributed by atoms with E-state index < -0.39 is 11.2 Å². The lowest BCUT2D eigenvalue weighted by Gasteiger charge is -2.22. The van der Waals surface area contributed by atoms with Gasteiger partial charge in [0, 0.05) is 20.6 Å². The van der Waals surface area contributed by atoms with Gasteiger partial charge in [-0.25, -0.2) is 9.78 Å². The fourth-order valence-corrected chi connectivity index (χ4v) is 3.39. The summed E-state index contributed by atoms with van der Waals surface area (Å²) in [5.41, 5.74) is 0.486. The molecular weight excluding hydrogens is 386 g/mol. The second-order valence-corrected chi connectivity index (χ2v) is 7.07. The number of hydrogen-bond donors (Lipinski definition) is 0. The monoisotopic (exact) mass is 407 g/mol. The molecule has 0 fully saturated rings. The number of carbonyl (C=O) groups excluding carboxylic acids is 1. The van der Waals surface area contributed by atoms with Gasteiger partial charge in [0.25, 0.3) is 5.56 Å². The van der Waals surface area contributed by atoms with E-state index in [1.165, 1.54) is 22.5 Å². The molecule has 0 N–H and O–H groups in total. The number of fused-ring (bicyclic) bond motifs is 1. The van der Waals surface area contributed by atoms with E-state index >= 15 is 0 Å². The summed E-state index contributed by atoms with van der Waals surface area (Å²) in [6, 6.07) is 13.2. The minimum atomic E-state index is -0.487. The zero-order chi connectivity index (χ0) is 21.3. The van der Waals surface area contributed by atoms with Crippen molar-refractivity contribution in [2.75, 3.05) is 0 Å². The van der Waals surface area contributed by atoms with Gasteiger partial charge in [0.1, 0.15) is 12.3 Å². The molecule has 4 aromatic rings. The first-order valence-corrected chi connectivity index (χ1v) is 9.40. The molecule has 0 aliphatic rings. The van der Waals surface area contributed by atoms with Crippen molar-refractivity contribution in [3.8, 4) is 0 Å². The van der Waals surface area contributed by atoms with Crippen LogP contribution >= 0.6 is 0 Å². The highest BCUT2D eigenvalue weighted by molar-refractivity contribution is 5.79. The van der Waals surface area contributed by atoms with Crippen LogP contribution in [0.3, 0.4) is 0 Å². The Kier molecular flexibility index (Phi) is 5.09. The fraction of sp³-hybridized carbons (Fsp3) is 0.238. The van der Waals surface area contributed by atoms with Gasteiger partial charge >= 0.3 is 5.69 Å². The van der Waals surface area contributed by atoms with Crippen LogP contribution < -0.4 is 11.2 Å². The van der Waals surface area contributed by atoms with Crippen molar-refractivity contribution in [2.45, 2.75) is 19.6 Å². The molecule has 4 rings (SSSR count). The van der Waals surface area contributed by atoms with Crippen LogP contribution in [0, 0.1) is 0 Å². The SMILES string of the molecule is Cn1c(=O)c2c(ncn2CC(=O)N(Cc2ccccc2)Cc2ccco2)n(C)c1=O. The maximum Gasteiger partial charge on any atom is 0.332 e. The van der Waals surface area contributed by atoms with E-state index in [4.69, 9.17) is 4.42 Å². The number of nitrogens with zero attached hydrogens (tertiary/aromatic N) is 5. The molecule has 154 valence electrons. The van der Waals surface area contributed by atoms with E-state index in [1.807, 2.05) is 36.4 Å². The lowest BCUT2D eigenvalue weighted by atomic mass is 10.2. The highest BCUT2D eigenvalue weighted by Gasteiger charge is 2.20. The second kappa shape index (κ2) is 7.86. The van der Waals surface area contributed by atoms with Crippen molar-refractivity contribution < 1.29 is 9.21 Å². The van der Waals surface area contributed by atoms with Gasteiger partial charge in [-0.2, -0.15) is 0 Å². The van der Waals surface area contributed by atoms with Crippen LogP contribution in [0.5, 0.6) is 0 Å². The summed E-state index contributed by atoms with van der Waals surface area (Å²) in [6.07, 6.45) is 2.98. The van der Waals surface area contributed by atoms with Crippen molar-refractivity contribution in [1.29, 1.82) is 0 Å². The minimum Gasteiger partial charge on any atom is -0.467 e. The van der Waals surface area contributed by atoms with Gasteiger partial charge in [-0.15, -0.1) is 0 Å². The summed E-state index contributed by atoms with van der Waals surface area (Å²) in [5, 5.41) is 0. The first-order valence-electron chi connectivity index (χ1n) is 9.40. The first kappa shape index (κ1) is 19.4. The van der Waals surface area contributed by atoms with E-state index in [-0.39, 0.29) is 23.6 Å². The summed E-state index contributed by atoms with van der Waals surface area (Å²) in [7, 11) is 2.95. The van der Waals surface area contributed by atoms with Crippen LogP contribution in [-0.4, -0.2) is 29.5 Å². The van der Waals surface area contributed by atoms with Crippen molar-refractivity contribution in [2.24, 2.45) is 14.1 Å². The quantitative estimate of drug-likeness (QED) is 0.480. The molecule has 9 nitrogen and oxygen atoms in total. The molecule has 0 aliphatic carbocycles. The van der Waals surface area contributed by atoms with Crippen LogP contribution in [0.25, 0.3) is 11.2 Å². The van der Waals surface area contributed by atoms with Crippen LogP contribution in [0.1, 0.15) is 11.3 Å². The average Bonchev–Trinajstić information content (AvgIpc) is 3.41. The van der Waals surface area contributed by atoms with Crippen molar-refractivity contribution in [1.82, 2.24) is 23.6 Å². The second-order valence-electron chi connectivity index (χ2n) is 7.07. The smallest absolute Gasteiger partial charge is 0.332 e. The number of rotatable bonds is 6. The molecule has 9 heteroatoms. The Morgan fingerprint density at radius 3 is 2.50 bits per heavy atom. The molecule has 0 unspecified atom stereocenters. The molecule has 0 aliphatic heterocycles. The highest BCUT2D eigenvalue weighted by atomic mass is 16.3. The third-order valence-electron chi connectivity index (χ3n) is 5.02. The van der Waals surface area contributed by atoms with Crippen molar-refractivity contribution >= 4 is 17.1 Å². The highest BCUT2D eigenvalue weighted by Crippen LogP contribution is 2.13. The normalized spacial score (nSPS) is 11.1. The van der Waals surface area contributed by atoms with Crippen molar-refractivity contribution in [3.63, 3.8) is 0 Å². The maximum atomic E-state index is 13.2. The zero-order valence-corrected chi connectivity index (χ0v) is 16.7. The molecule has 0 radical (unpaired) electrons. The van der Waals surface area contributed by atoms with Crippen LogP contribution in [0.4, 0.5) is 0 Å². The zero-order valence-electron chi connectivity index (χ0n) is 16.7. The Hall–Kier alpha value is -3.88. The van der Waals surface area contributed by atoms with Gasteiger partial charge in [0.15, 0.2) is 11.2 Å². The Balaban J connectivity index is 1.67. The first-order chi connectivity index (χ1) is 14.5. The summed E-state index contributed by atoms with van der Waals surface area (Å²) < 4.78 is 9.21. The molecular formula is C21H21N5O4. The molecule has 1 aromatic carbocycles. The molecule has 0 saturated carbocycles. The standard InChI is InChI=1S/C21H21N5O4/c1-23-19-18(20(28)24(2)21(23)29)26(14-22-19)13-17(27)25(12-16-9-6-10-30-16)11-15-7-4-3-5-8-15/h3-10,14H,11-13H2,1-2H3. The molecule has 0 bridgehead atoms. The summed E-state index contributed by atoms with van der Waals surface area (Å²) in [6.45, 7) is 0.602. The summed E-state index contributed by atoms with van der Waals surface area (Å²) in [4.78, 5) is 43.8. The van der Waals surface area contributed by atoms with E-state index in [2.05, 4.69) is 4.98 Å². The minimum absolute atomic E-state index is 0.0858. The number of amides is 1. The predicted octanol–water partition coefficient (Wildman–Crippen LogP) is 1.26. The number of benzene rings is 1. The maximum absolute atomic E-state index is 13.2. The Morgan fingerprint density at radius 2 is 1.80 bits per heavy atom. The van der Waals surface area contributed by atoms with Gasteiger partial charge in [-0.1, -0.05) is 30.3 Å². The average molecular weight is 407 g/mol. The van der Waals surface area contributed by atoms with E-state index in [9.17, 15) is 14.4 Å². The Labute approximate surface area is 171 Å². The number of carbonyl (C=O) groups is 1. The molecule has 0 atom stereocenters. The molecule has 0 saturated heterocycles. The number of imidazole rings is 1. The fourth-order valence-electron chi connectivity index (χ4n) is 3.39. The Bertz CT molecular complexity index is 1300. The molecule has 0 spiro atoms. The predicted molar refractivity (Wildman–Crippen MR) is 110 cm³/mol. The lowest BCUT2D eigenvalue weighted by Crippen LogP contribution is -2.38. The number of aryl methyl sites for hydroxylation is 1. The van der Waals surface area contributed by atoms with Crippen molar-refractivity contribution in [3.05, 3.63) is 87.2 Å². The van der Waals surface area contributed by atoms with Gasteiger partial charge in [-0.3, -0.25) is 18.7 Å². The molecule has 3 aromatic heterocycles. The molecule has 30 heavy (non-hydrogen) atoms. The van der Waals surface area contributed by atoms with Gasteiger partial charge in [-0.05, 0) is 17.7 Å². The van der Waals surface area contributed by atoms with Crippen LogP contribution in [-0.2, 0) is 38.5 Å². The Morgan fingerprint density at radius 1 is 1.03 bits per heavy atom. The van der Waals surface area contributed by atoms with E-state index in [0.29, 0.717) is 18.8 Å². The molecule has 3 heterocycles. The summed E-state index contributed by atoms with van der Waals surface area (Å²) in [5.74, 6) is 0.457. The third kappa shape index (κ3) is 3.57. The number of hydrogen-bond acceptors (Lipinski definition) is 5. The van der Waals surface area contributed by atoms with Crippen LogP contribution in [0.15, 0.2) is 69.1 Å². The van der Waals surface area contributed by atoms with Gasteiger partial charge < -0.3 is 13.9 Å². The lowest BCUT2D eigenvalue weighted by molar-refractivity contribution is -0.133. The molecule has 1 amide bonds. The number of aromatic nitrogens is 4.